The Morgan fingerprint density at radius 1 is 1.32 bits per heavy atom. The van der Waals surface area contributed by atoms with Crippen molar-refractivity contribution < 1.29 is 52.4 Å². The summed E-state index contributed by atoms with van der Waals surface area (Å²) < 4.78 is 30.5. The molecule has 98 valence electrons. The van der Waals surface area contributed by atoms with Gasteiger partial charge in [0.25, 0.3) is 0 Å². The maximum absolute atomic E-state index is 10.2. The Labute approximate surface area is 134 Å². The molecule has 1 N–H and O–H groups in total. The normalized spacial score (nSPS) is 9.95. The number of rotatable bonds is 4. The Kier molecular flexibility index (Phi) is 11.8. The van der Waals surface area contributed by atoms with Crippen LogP contribution in [0.3, 0.4) is 0 Å². The first-order valence-corrected chi connectivity index (χ1v) is 6.34. The monoisotopic (exact) mass is 292 g/mol. The Hall–Kier alpha value is -0.920. The van der Waals surface area contributed by atoms with Crippen LogP contribution in [0.15, 0.2) is 48.4 Å². The summed E-state index contributed by atoms with van der Waals surface area (Å²) in [5.74, 6) is -0.829. The van der Waals surface area contributed by atoms with E-state index in [0.29, 0.717) is 11.0 Å². The van der Waals surface area contributed by atoms with E-state index in [0.717, 1.165) is 0 Å². The third-order valence-corrected chi connectivity index (χ3v) is 2.02. The molecule has 5 nitrogen and oxygen atoms in total. The van der Waals surface area contributed by atoms with Gasteiger partial charge >= 0.3 is 35.5 Å². The molecule has 0 radical (unpaired) electrons. The second-order valence-corrected chi connectivity index (χ2v) is 4.35. The molecule has 0 aromatic heterocycles. The van der Waals surface area contributed by atoms with Gasteiger partial charge < -0.3 is 9.66 Å². The molecule has 0 atom stereocenters. The summed E-state index contributed by atoms with van der Waals surface area (Å²) in [6.45, 7) is 3.22. The quantitative estimate of drug-likeness (QED) is 0.430. The van der Waals surface area contributed by atoms with Crippen molar-refractivity contribution in [1.82, 2.24) is 0 Å². The smallest absolute Gasteiger partial charge is 0.744 e. The maximum Gasteiger partial charge on any atom is 1.00 e. The van der Waals surface area contributed by atoms with Gasteiger partial charge in [0.15, 0.2) is 0 Å². The SMILES string of the molecule is C=CCC(=O)O.O=S(=O)([O-])C=Cc1ccccc1.[Na+]. The summed E-state index contributed by atoms with van der Waals surface area (Å²) in [5.41, 5.74) is 0.692. The Bertz CT molecular complexity index is 508. The van der Waals surface area contributed by atoms with Gasteiger partial charge in [0.2, 0.25) is 0 Å². The van der Waals surface area contributed by atoms with Gasteiger partial charge in [0, 0.05) is 5.41 Å². The van der Waals surface area contributed by atoms with Crippen LogP contribution >= 0.6 is 0 Å². The molecule has 0 unspecified atom stereocenters. The number of hydrogen-bond acceptors (Lipinski definition) is 4. The summed E-state index contributed by atoms with van der Waals surface area (Å²) in [7, 11) is -4.25. The molecule has 0 aliphatic rings. The standard InChI is InChI=1S/C8H8O3S.C4H6O2.Na/c9-12(10,11)7-6-8-4-2-1-3-5-8;1-2-3-4(5)6;/h1-7H,(H,9,10,11);2H,1,3H2,(H,5,6);/q;;+1/p-1. The van der Waals surface area contributed by atoms with Crippen LogP contribution in [0.25, 0.3) is 6.08 Å². The molecule has 0 bridgehead atoms. The summed E-state index contributed by atoms with van der Waals surface area (Å²) >= 11 is 0. The Morgan fingerprint density at radius 2 is 1.84 bits per heavy atom. The van der Waals surface area contributed by atoms with Crippen LogP contribution in [0.2, 0.25) is 0 Å². The molecule has 19 heavy (non-hydrogen) atoms. The minimum Gasteiger partial charge on any atom is -0.744 e. The van der Waals surface area contributed by atoms with Crippen LogP contribution in [0.1, 0.15) is 12.0 Å². The molecule has 0 saturated heterocycles. The molecule has 0 amide bonds. The molecule has 1 aromatic rings. The van der Waals surface area contributed by atoms with Crippen molar-refractivity contribution in [2.75, 3.05) is 0 Å². The zero-order chi connectivity index (χ0) is 14.0. The van der Waals surface area contributed by atoms with Crippen LogP contribution in [-0.2, 0) is 14.9 Å². The average molecular weight is 292 g/mol. The predicted molar refractivity (Wildman–Crippen MR) is 67.6 cm³/mol. The van der Waals surface area contributed by atoms with E-state index >= 15 is 0 Å². The van der Waals surface area contributed by atoms with Crippen molar-refractivity contribution in [3.05, 3.63) is 54.0 Å². The molecule has 0 fully saturated rings. The van der Waals surface area contributed by atoms with Gasteiger partial charge in [-0.25, -0.2) is 8.42 Å². The van der Waals surface area contributed by atoms with Gasteiger partial charge in [-0.3, -0.25) is 4.79 Å². The Balaban J connectivity index is 0. The molecule has 0 aliphatic carbocycles. The molecule has 0 saturated carbocycles. The maximum atomic E-state index is 10.2. The third kappa shape index (κ3) is 15.0. The molecular weight excluding hydrogens is 279 g/mol. The van der Waals surface area contributed by atoms with E-state index in [-0.39, 0.29) is 36.0 Å². The topological polar surface area (TPSA) is 94.5 Å². The van der Waals surface area contributed by atoms with Gasteiger partial charge in [0.05, 0.1) is 6.42 Å². The summed E-state index contributed by atoms with van der Waals surface area (Å²) in [4.78, 5) is 9.53. The number of aliphatic carboxylic acids is 1. The van der Waals surface area contributed by atoms with Crippen molar-refractivity contribution in [1.29, 1.82) is 0 Å². The number of hydrogen-bond donors (Lipinski definition) is 1. The first kappa shape index (κ1) is 20.4. The van der Waals surface area contributed by atoms with E-state index < -0.39 is 16.1 Å². The fourth-order valence-corrected chi connectivity index (χ4v) is 1.17. The van der Waals surface area contributed by atoms with Gasteiger partial charge in [-0.2, -0.15) is 0 Å². The average Bonchev–Trinajstić information content (AvgIpc) is 2.27. The van der Waals surface area contributed by atoms with Crippen LogP contribution in [0.5, 0.6) is 0 Å². The van der Waals surface area contributed by atoms with Crippen molar-refractivity contribution in [2.45, 2.75) is 6.42 Å². The number of carbonyl (C=O) groups is 1. The molecule has 1 rings (SSSR count). The van der Waals surface area contributed by atoms with Crippen molar-refractivity contribution >= 4 is 22.2 Å². The van der Waals surface area contributed by atoms with Gasteiger partial charge in [-0.05, 0) is 11.6 Å². The van der Waals surface area contributed by atoms with Gasteiger partial charge in [-0.1, -0.05) is 36.4 Å². The zero-order valence-electron chi connectivity index (χ0n) is 10.5. The van der Waals surface area contributed by atoms with Gasteiger partial charge in [-0.15, -0.1) is 6.58 Å². The van der Waals surface area contributed by atoms with Crippen molar-refractivity contribution in [3.63, 3.8) is 0 Å². The molecule has 7 heteroatoms. The largest absolute Gasteiger partial charge is 1.00 e. The van der Waals surface area contributed by atoms with Crippen LogP contribution in [0.4, 0.5) is 0 Å². The first-order valence-electron chi connectivity index (χ1n) is 4.87. The summed E-state index contributed by atoms with van der Waals surface area (Å²) in [6, 6.07) is 8.75. The molecular formula is C12H13NaO5S. The Morgan fingerprint density at radius 3 is 2.16 bits per heavy atom. The molecule has 1 aromatic carbocycles. The second kappa shape index (κ2) is 11.0. The minimum absolute atomic E-state index is 0. The van der Waals surface area contributed by atoms with E-state index in [9.17, 15) is 17.8 Å². The van der Waals surface area contributed by atoms with E-state index in [1.807, 2.05) is 6.07 Å². The van der Waals surface area contributed by atoms with E-state index in [1.54, 1.807) is 24.3 Å². The molecule has 0 aliphatic heterocycles. The fourth-order valence-electron chi connectivity index (χ4n) is 0.850. The fraction of sp³-hybridized carbons (Fsp3) is 0.0833. The summed E-state index contributed by atoms with van der Waals surface area (Å²) in [6.07, 6.45) is 2.67. The number of benzene rings is 1. The second-order valence-electron chi connectivity index (χ2n) is 3.09. The van der Waals surface area contributed by atoms with E-state index in [4.69, 9.17) is 5.11 Å². The third-order valence-electron chi connectivity index (χ3n) is 1.55. The minimum atomic E-state index is -4.25. The van der Waals surface area contributed by atoms with E-state index in [1.165, 1.54) is 12.2 Å². The zero-order valence-corrected chi connectivity index (χ0v) is 13.3. The van der Waals surface area contributed by atoms with E-state index in [2.05, 4.69) is 6.58 Å². The van der Waals surface area contributed by atoms with Crippen LogP contribution in [-0.4, -0.2) is 24.0 Å². The van der Waals surface area contributed by atoms with Gasteiger partial charge in [0.1, 0.15) is 10.1 Å². The molecule has 0 heterocycles. The predicted octanol–water partition coefficient (Wildman–Crippen LogP) is -1.15. The molecule has 0 spiro atoms. The van der Waals surface area contributed by atoms with Crippen molar-refractivity contribution in [2.24, 2.45) is 0 Å². The number of carboxylic acids is 1. The van der Waals surface area contributed by atoms with Crippen LogP contribution in [0, 0.1) is 0 Å². The van der Waals surface area contributed by atoms with Crippen LogP contribution < -0.4 is 29.6 Å². The number of carboxylic acid groups (broad SMARTS) is 1. The summed E-state index contributed by atoms with van der Waals surface area (Å²) in [5, 5.41) is 8.48. The first-order chi connectivity index (χ1) is 8.35. The van der Waals surface area contributed by atoms with Crippen molar-refractivity contribution in [3.8, 4) is 0 Å².